The standard InChI is InChI=1S/C53H63N5O10/c1-8-49(55-42(60)16-15-33-18-24-67-30-33)27-34-28-52(47(61)65-6,43-36(17-22-57(29-34)31-49)35-13-10-11-14-39(35)54-43)38-25-37-40(26-41(38)64-5)56(4)45-51(37)20-23-58-21-12-19-50(9-2,44(51)58)46(68-32(3)59)53(45,63)48(62)66-7/h10-16,18-19,24-26,30,34,44-46,54,63H,8-9,17,20-23,27-29,31H2,1-7H3,(H,55,60)/b16-15+/t34-,44+,45-,46-,49+,50-,51-,52+,53+/m1/s1. The number of para-hydroxylation sites is 1. The molecule has 2 aromatic carbocycles. The van der Waals surface area contributed by atoms with Crippen LogP contribution in [0.1, 0.15) is 80.8 Å². The highest BCUT2D eigenvalue weighted by Gasteiger charge is 2.80. The molecule has 1 amide bonds. The summed E-state index contributed by atoms with van der Waals surface area (Å²) in [6.07, 6.45) is 12.4. The highest BCUT2D eigenvalue weighted by molar-refractivity contribution is 5.95. The Bertz CT molecular complexity index is 2730. The third-order valence-electron chi connectivity index (χ3n) is 17.0. The van der Waals surface area contributed by atoms with Gasteiger partial charge < -0.3 is 48.6 Å². The van der Waals surface area contributed by atoms with Crippen molar-refractivity contribution in [2.24, 2.45) is 11.3 Å². The largest absolute Gasteiger partial charge is 0.496 e. The number of carbonyl (C=O) groups excluding carboxylic acids is 4. The molecule has 2 bridgehead atoms. The quantitative estimate of drug-likeness (QED) is 0.0797. The number of benzene rings is 2. The molecule has 10 atom stereocenters. The van der Waals surface area contributed by atoms with Crippen LogP contribution < -0.4 is 15.0 Å². The summed E-state index contributed by atoms with van der Waals surface area (Å²) >= 11 is 0. The van der Waals surface area contributed by atoms with E-state index in [9.17, 15) is 19.5 Å². The zero-order valence-electron chi connectivity index (χ0n) is 40.1. The average Bonchev–Trinajstić information content (AvgIpc) is 4.15. The molecule has 360 valence electrons. The van der Waals surface area contributed by atoms with Gasteiger partial charge in [0, 0.05) is 103 Å². The zero-order chi connectivity index (χ0) is 48.0. The van der Waals surface area contributed by atoms with Gasteiger partial charge in [0.2, 0.25) is 11.5 Å². The minimum atomic E-state index is -2.33. The summed E-state index contributed by atoms with van der Waals surface area (Å²) in [5.41, 5.74) is -0.808. The first kappa shape index (κ1) is 45.9. The first-order valence-electron chi connectivity index (χ1n) is 24.0. The zero-order valence-corrected chi connectivity index (χ0v) is 40.1. The molecule has 6 aliphatic rings. The number of esters is 3. The molecular formula is C53H63N5O10. The second-order valence-corrected chi connectivity index (χ2v) is 20.1. The summed E-state index contributed by atoms with van der Waals surface area (Å²) in [6.45, 7) is 8.68. The maximum atomic E-state index is 15.7. The lowest BCUT2D eigenvalue weighted by Crippen LogP contribution is -2.81. The van der Waals surface area contributed by atoms with E-state index < -0.39 is 57.4 Å². The lowest BCUT2D eigenvalue weighted by molar-refractivity contribution is -0.228. The number of aliphatic hydroxyl groups is 1. The number of ether oxygens (including phenoxy) is 4. The summed E-state index contributed by atoms with van der Waals surface area (Å²) in [6, 6.07) is 12.7. The molecule has 4 aromatic rings. The molecule has 15 nitrogen and oxygen atoms in total. The molecule has 5 aliphatic heterocycles. The highest BCUT2D eigenvalue weighted by atomic mass is 16.6. The number of fused-ring (bicyclic) bond motifs is 6. The summed E-state index contributed by atoms with van der Waals surface area (Å²) in [5.74, 6) is -1.87. The van der Waals surface area contributed by atoms with Gasteiger partial charge in [-0.3, -0.25) is 19.3 Å². The van der Waals surface area contributed by atoms with Gasteiger partial charge >= 0.3 is 17.9 Å². The van der Waals surface area contributed by atoms with Gasteiger partial charge in [0.1, 0.15) is 11.2 Å². The van der Waals surface area contributed by atoms with Gasteiger partial charge in [-0.1, -0.05) is 44.2 Å². The molecule has 3 N–H and O–H groups in total. The van der Waals surface area contributed by atoms with Crippen molar-refractivity contribution in [3.8, 4) is 5.75 Å². The molecular weight excluding hydrogens is 867 g/mol. The van der Waals surface area contributed by atoms with E-state index >= 15 is 4.79 Å². The Kier molecular flexibility index (Phi) is 11.2. The summed E-state index contributed by atoms with van der Waals surface area (Å²) in [7, 11) is 6.15. The normalized spacial score (nSPS) is 33.6. The molecule has 68 heavy (non-hydrogen) atoms. The number of nitrogens with zero attached hydrogens (tertiary/aromatic N) is 3. The molecule has 15 heteroatoms. The number of piperidine rings is 1. The van der Waals surface area contributed by atoms with Crippen molar-refractivity contribution in [2.45, 2.75) is 99.5 Å². The van der Waals surface area contributed by atoms with Crippen LogP contribution in [-0.4, -0.2) is 134 Å². The Morgan fingerprint density at radius 2 is 1.78 bits per heavy atom. The lowest BCUT2D eigenvalue weighted by atomic mass is 9.47. The number of carbonyl (C=O) groups is 4. The Labute approximate surface area is 396 Å². The first-order chi connectivity index (χ1) is 32.7. The minimum absolute atomic E-state index is 0.133. The number of aromatic amines is 1. The molecule has 1 saturated carbocycles. The van der Waals surface area contributed by atoms with Gasteiger partial charge in [-0.15, -0.1) is 0 Å². The van der Waals surface area contributed by atoms with E-state index in [1.807, 2.05) is 49.2 Å². The van der Waals surface area contributed by atoms with Gasteiger partial charge in [0.25, 0.3) is 0 Å². The van der Waals surface area contributed by atoms with E-state index in [0.29, 0.717) is 82.6 Å². The molecule has 3 fully saturated rings. The maximum Gasteiger partial charge on any atom is 0.344 e. The molecule has 1 unspecified atom stereocenters. The summed E-state index contributed by atoms with van der Waals surface area (Å²) < 4.78 is 29.4. The molecule has 7 heterocycles. The van der Waals surface area contributed by atoms with Crippen LogP contribution in [0.3, 0.4) is 0 Å². The fraction of sp³-hybridized carbons (Fsp3) is 0.509. The number of hydrogen-bond acceptors (Lipinski definition) is 13. The van der Waals surface area contributed by atoms with Crippen LogP contribution in [-0.2, 0) is 50.6 Å². The Morgan fingerprint density at radius 3 is 2.49 bits per heavy atom. The SMILES string of the molecule is CC[C@]1(NC(=O)/C=C/c2ccoc2)C[C@H]2CN(CCc3c([nH]c4ccccc34)[C@@](C(=O)OC)(c3cc4c(cc3OC)N(C)[C@H]3[C@@](O)(C(=O)OC)[C@H](OC(C)=O)[C@]5(CC)C=CCN6CC[C@]43[C@@H]65)C2)C1. The number of amides is 1. The maximum absolute atomic E-state index is 15.7. The Morgan fingerprint density at radius 1 is 0.985 bits per heavy atom. The highest BCUT2D eigenvalue weighted by Crippen LogP contribution is 2.68. The monoisotopic (exact) mass is 929 g/mol. The third-order valence-corrected chi connectivity index (χ3v) is 17.0. The van der Waals surface area contributed by atoms with E-state index in [-0.39, 0.29) is 17.9 Å². The number of H-pyrrole nitrogens is 1. The topological polar surface area (TPSA) is 176 Å². The van der Waals surface area contributed by atoms with E-state index in [0.717, 1.165) is 39.0 Å². The van der Waals surface area contributed by atoms with Crippen molar-refractivity contribution in [3.05, 3.63) is 101 Å². The van der Waals surface area contributed by atoms with Gasteiger partial charge in [0.05, 0.1) is 45.4 Å². The number of furan rings is 1. The molecule has 1 spiro atoms. The molecule has 0 radical (unpaired) electrons. The predicted molar refractivity (Wildman–Crippen MR) is 254 cm³/mol. The second-order valence-electron chi connectivity index (χ2n) is 20.1. The lowest BCUT2D eigenvalue weighted by Gasteiger charge is -2.63. The van der Waals surface area contributed by atoms with Crippen LogP contribution in [0.15, 0.2) is 77.6 Å². The van der Waals surface area contributed by atoms with Crippen molar-refractivity contribution in [2.75, 3.05) is 66.0 Å². The Hall–Kier alpha value is -5.90. The molecule has 2 aromatic heterocycles. The Balaban J connectivity index is 1.20. The molecule has 1 aliphatic carbocycles. The van der Waals surface area contributed by atoms with Gasteiger partial charge in [0.15, 0.2) is 6.10 Å². The number of likely N-dealkylation sites (N-methyl/N-ethyl adjacent to an activating group) is 1. The van der Waals surface area contributed by atoms with Gasteiger partial charge in [-0.05, 0) is 86.4 Å². The summed E-state index contributed by atoms with van der Waals surface area (Å²) in [4.78, 5) is 67.7. The van der Waals surface area contributed by atoms with E-state index in [1.54, 1.807) is 37.9 Å². The van der Waals surface area contributed by atoms with Crippen LogP contribution in [0.2, 0.25) is 0 Å². The van der Waals surface area contributed by atoms with Crippen molar-refractivity contribution in [3.63, 3.8) is 0 Å². The van der Waals surface area contributed by atoms with Crippen LogP contribution in [0.25, 0.3) is 17.0 Å². The van der Waals surface area contributed by atoms with Crippen molar-refractivity contribution >= 4 is 46.5 Å². The fourth-order valence-corrected chi connectivity index (χ4v) is 14.6. The predicted octanol–water partition coefficient (Wildman–Crippen LogP) is 5.42. The van der Waals surface area contributed by atoms with E-state index in [1.165, 1.54) is 21.1 Å². The van der Waals surface area contributed by atoms with E-state index in [4.69, 9.17) is 23.4 Å². The number of rotatable bonds is 10. The van der Waals surface area contributed by atoms with E-state index in [2.05, 4.69) is 45.2 Å². The fourth-order valence-electron chi connectivity index (χ4n) is 14.6. The van der Waals surface area contributed by atoms with Crippen molar-refractivity contribution < 1.29 is 47.6 Å². The number of hydrogen-bond donors (Lipinski definition) is 3. The number of anilines is 1. The summed E-state index contributed by atoms with van der Waals surface area (Å²) in [5, 5.41) is 17.9. The minimum Gasteiger partial charge on any atom is -0.496 e. The molecule has 10 rings (SSSR count). The number of aromatic nitrogens is 1. The van der Waals surface area contributed by atoms with Crippen molar-refractivity contribution in [1.82, 2.24) is 20.1 Å². The third kappa shape index (κ3) is 6.40. The van der Waals surface area contributed by atoms with Crippen molar-refractivity contribution in [1.29, 1.82) is 0 Å². The number of nitrogens with one attached hydrogen (secondary N) is 2. The van der Waals surface area contributed by atoms with Gasteiger partial charge in [-0.25, -0.2) is 4.79 Å². The first-order valence-corrected chi connectivity index (χ1v) is 24.0. The van der Waals surface area contributed by atoms with Crippen LogP contribution >= 0.6 is 0 Å². The smallest absolute Gasteiger partial charge is 0.344 e. The van der Waals surface area contributed by atoms with Crippen LogP contribution in [0.5, 0.6) is 5.75 Å². The molecule has 2 saturated heterocycles. The van der Waals surface area contributed by atoms with Crippen LogP contribution in [0, 0.1) is 11.3 Å². The van der Waals surface area contributed by atoms with Gasteiger partial charge in [-0.2, -0.15) is 0 Å². The van der Waals surface area contributed by atoms with Crippen LogP contribution in [0.4, 0.5) is 5.69 Å². The average molecular weight is 930 g/mol. The number of methoxy groups -OCH3 is 3. The second kappa shape index (κ2) is 16.7.